The first-order valence-corrected chi connectivity index (χ1v) is 5.51. The summed E-state index contributed by atoms with van der Waals surface area (Å²) in [6.45, 7) is 3.69. The highest BCUT2D eigenvalue weighted by Gasteiger charge is 2.26. The molecule has 1 aliphatic heterocycles. The molecule has 6 nitrogen and oxygen atoms in total. The molecule has 1 heterocycles. The zero-order valence-electron chi connectivity index (χ0n) is 9.93. The lowest BCUT2D eigenvalue weighted by Gasteiger charge is -2.27. The Labute approximate surface area is 99.6 Å². The standard InChI is InChI=1S/C11H17NO5/c1-3-16-11(15)10(12-6-13)8-4-7(2)17-9(14)5-8/h6-7,9,14H,3-5H2,1-2H3,(H,12,13)/b10-8+/t7-,9+/m0/s1. The molecule has 0 aliphatic carbocycles. The molecule has 0 aromatic heterocycles. The van der Waals surface area contributed by atoms with Crippen molar-refractivity contribution < 1.29 is 24.2 Å². The van der Waals surface area contributed by atoms with E-state index < -0.39 is 12.3 Å². The van der Waals surface area contributed by atoms with Gasteiger partial charge >= 0.3 is 5.97 Å². The summed E-state index contributed by atoms with van der Waals surface area (Å²) in [4.78, 5) is 22.1. The van der Waals surface area contributed by atoms with Crippen LogP contribution in [0.15, 0.2) is 11.3 Å². The Kier molecular flexibility index (Phi) is 5.11. The number of hydrogen-bond acceptors (Lipinski definition) is 5. The van der Waals surface area contributed by atoms with Gasteiger partial charge in [-0.1, -0.05) is 0 Å². The number of esters is 1. The highest BCUT2D eigenvalue weighted by molar-refractivity contribution is 5.91. The number of carbonyl (C=O) groups is 2. The molecule has 1 rings (SSSR count). The third-order valence-corrected chi connectivity index (χ3v) is 2.38. The summed E-state index contributed by atoms with van der Waals surface area (Å²) in [6, 6.07) is 0. The fourth-order valence-corrected chi connectivity index (χ4v) is 1.78. The maximum absolute atomic E-state index is 11.6. The van der Waals surface area contributed by atoms with E-state index in [1.54, 1.807) is 13.8 Å². The zero-order chi connectivity index (χ0) is 12.8. The van der Waals surface area contributed by atoms with Crippen molar-refractivity contribution in [3.63, 3.8) is 0 Å². The summed E-state index contributed by atoms with van der Waals surface area (Å²) in [5, 5.41) is 11.8. The third kappa shape index (κ3) is 3.83. The van der Waals surface area contributed by atoms with E-state index in [9.17, 15) is 14.7 Å². The van der Waals surface area contributed by atoms with Crippen molar-refractivity contribution in [3.05, 3.63) is 11.3 Å². The molecule has 2 atom stereocenters. The van der Waals surface area contributed by atoms with Gasteiger partial charge in [0, 0.05) is 6.42 Å². The summed E-state index contributed by atoms with van der Waals surface area (Å²) >= 11 is 0. The van der Waals surface area contributed by atoms with Crippen LogP contribution in [-0.2, 0) is 19.1 Å². The number of carbonyl (C=O) groups excluding carboxylic acids is 2. The van der Waals surface area contributed by atoms with E-state index in [0.29, 0.717) is 18.4 Å². The molecule has 1 amide bonds. The Morgan fingerprint density at radius 2 is 2.35 bits per heavy atom. The third-order valence-electron chi connectivity index (χ3n) is 2.38. The number of amides is 1. The molecule has 0 aromatic carbocycles. The maximum Gasteiger partial charge on any atom is 0.354 e. The number of hydrogen-bond donors (Lipinski definition) is 2. The molecule has 17 heavy (non-hydrogen) atoms. The van der Waals surface area contributed by atoms with E-state index in [0.717, 1.165) is 0 Å². The molecule has 1 aliphatic rings. The molecule has 6 heteroatoms. The first-order chi connectivity index (χ1) is 8.08. The zero-order valence-corrected chi connectivity index (χ0v) is 9.93. The summed E-state index contributed by atoms with van der Waals surface area (Å²) in [5.41, 5.74) is 0.748. The Hall–Kier alpha value is -1.40. The van der Waals surface area contributed by atoms with Crippen molar-refractivity contribution in [1.29, 1.82) is 0 Å². The summed E-state index contributed by atoms with van der Waals surface area (Å²) in [5.74, 6) is -0.587. The van der Waals surface area contributed by atoms with Crippen molar-refractivity contribution in [2.45, 2.75) is 39.1 Å². The van der Waals surface area contributed by atoms with E-state index in [4.69, 9.17) is 9.47 Å². The Morgan fingerprint density at radius 3 is 2.88 bits per heavy atom. The van der Waals surface area contributed by atoms with E-state index in [1.807, 2.05) is 0 Å². The number of aliphatic hydroxyl groups excluding tert-OH is 1. The summed E-state index contributed by atoms with van der Waals surface area (Å²) < 4.78 is 9.98. The van der Waals surface area contributed by atoms with E-state index in [-0.39, 0.29) is 24.8 Å². The second kappa shape index (κ2) is 6.36. The first-order valence-electron chi connectivity index (χ1n) is 5.51. The Morgan fingerprint density at radius 1 is 1.65 bits per heavy atom. The van der Waals surface area contributed by atoms with Crippen LogP contribution in [0, 0.1) is 0 Å². The summed E-state index contributed by atoms with van der Waals surface area (Å²) in [7, 11) is 0. The quantitative estimate of drug-likeness (QED) is 0.414. The number of ether oxygens (including phenoxy) is 2. The van der Waals surface area contributed by atoms with E-state index in [1.165, 1.54) is 0 Å². The lowest BCUT2D eigenvalue weighted by Crippen LogP contribution is -2.31. The largest absolute Gasteiger partial charge is 0.461 e. The van der Waals surface area contributed by atoms with Gasteiger partial charge in [0.1, 0.15) is 5.70 Å². The fraction of sp³-hybridized carbons (Fsp3) is 0.636. The van der Waals surface area contributed by atoms with Gasteiger partial charge < -0.3 is 19.9 Å². The predicted molar refractivity (Wildman–Crippen MR) is 58.6 cm³/mol. The van der Waals surface area contributed by atoms with Crippen LogP contribution in [0.5, 0.6) is 0 Å². The van der Waals surface area contributed by atoms with Gasteiger partial charge in [-0.3, -0.25) is 4.79 Å². The van der Waals surface area contributed by atoms with Crippen LogP contribution in [0.1, 0.15) is 26.7 Å². The SMILES string of the molecule is CCOC(=O)/C(NC=O)=C1/C[C@H](C)O[C@@H](O)C1. The lowest BCUT2D eigenvalue weighted by atomic mass is 10.00. The predicted octanol–water partition coefficient (Wildman–Crippen LogP) is 0.0669. The average molecular weight is 243 g/mol. The molecule has 2 N–H and O–H groups in total. The number of rotatable bonds is 4. The van der Waals surface area contributed by atoms with Crippen molar-refractivity contribution in [2.75, 3.05) is 6.61 Å². The summed E-state index contributed by atoms with van der Waals surface area (Å²) in [6.07, 6.45) is -0.0600. The van der Waals surface area contributed by atoms with Crippen molar-refractivity contribution in [3.8, 4) is 0 Å². The molecule has 1 saturated heterocycles. The Balaban J connectivity index is 2.92. The van der Waals surface area contributed by atoms with Crippen LogP contribution in [0.3, 0.4) is 0 Å². The van der Waals surface area contributed by atoms with E-state index in [2.05, 4.69) is 5.32 Å². The average Bonchev–Trinajstić information content (AvgIpc) is 2.24. The molecular formula is C11H17NO5. The normalized spacial score (nSPS) is 27.2. The molecule has 0 aromatic rings. The second-order valence-corrected chi connectivity index (χ2v) is 3.77. The number of aliphatic hydroxyl groups is 1. The molecule has 96 valence electrons. The molecular weight excluding hydrogens is 226 g/mol. The highest BCUT2D eigenvalue weighted by atomic mass is 16.6. The maximum atomic E-state index is 11.6. The molecule has 0 saturated carbocycles. The van der Waals surface area contributed by atoms with E-state index >= 15 is 0 Å². The minimum Gasteiger partial charge on any atom is -0.461 e. The lowest BCUT2D eigenvalue weighted by molar-refractivity contribution is -0.145. The van der Waals surface area contributed by atoms with Crippen LogP contribution in [-0.4, -0.2) is 36.5 Å². The first kappa shape index (κ1) is 13.7. The van der Waals surface area contributed by atoms with Gasteiger partial charge in [0.2, 0.25) is 6.41 Å². The van der Waals surface area contributed by atoms with Gasteiger partial charge in [-0.25, -0.2) is 4.79 Å². The highest BCUT2D eigenvalue weighted by Crippen LogP contribution is 2.25. The second-order valence-electron chi connectivity index (χ2n) is 3.77. The van der Waals surface area contributed by atoms with Gasteiger partial charge in [-0.05, 0) is 25.8 Å². The monoisotopic (exact) mass is 243 g/mol. The molecule has 0 bridgehead atoms. The van der Waals surface area contributed by atoms with Crippen molar-refractivity contribution in [1.82, 2.24) is 5.32 Å². The fourth-order valence-electron chi connectivity index (χ4n) is 1.78. The molecule has 0 spiro atoms. The van der Waals surface area contributed by atoms with Crippen molar-refractivity contribution in [2.24, 2.45) is 0 Å². The van der Waals surface area contributed by atoms with Gasteiger partial charge in [-0.15, -0.1) is 0 Å². The van der Waals surface area contributed by atoms with Crippen LogP contribution in [0.2, 0.25) is 0 Å². The van der Waals surface area contributed by atoms with Crippen molar-refractivity contribution >= 4 is 12.4 Å². The number of nitrogens with one attached hydrogen (secondary N) is 1. The van der Waals surface area contributed by atoms with Crippen LogP contribution < -0.4 is 5.32 Å². The topological polar surface area (TPSA) is 84.9 Å². The molecule has 0 radical (unpaired) electrons. The van der Waals surface area contributed by atoms with Gasteiger partial charge in [0.25, 0.3) is 0 Å². The van der Waals surface area contributed by atoms with Gasteiger partial charge in [-0.2, -0.15) is 0 Å². The van der Waals surface area contributed by atoms with Gasteiger partial charge in [0.05, 0.1) is 12.7 Å². The van der Waals surface area contributed by atoms with Crippen LogP contribution in [0.25, 0.3) is 0 Å². The smallest absolute Gasteiger partial charge is 0.354 e. The Bertz CT molecular complexity index is 314. The molecule has 1 fully saturated rings. The minimum absolute atomic E-state index is 0.107. The van der Waals surface area contributed by atoms with Gasteiger partial charge in [0.15, 0.2) is 6.29 Å². The van der Waals surface area contributed by atoms with Crippen LogP contribution >= 0.6 is 0 Å². The molecule has 0 unspecified atom stereocenters. The minimum atomic E-state index is -0.952. The van der Waals surface area contributed by atoms with Crippen LogP contribution in [0.4, 0.5) is 0 Å².